The lowest BCUT2D eigenvalue weighted by molar-refractivity contribution is 0.0419. The molecule has 118 valence electrons. The zero-order valence-corrected chi connectivity index (χ0v) is 13.3. The van der Waals surface area contributed by atoms with E-state index in [0.717, 1.165) is 36.1 Å². The van der Waals surface area contributed by atoms with Crippen molar-refractivity contribution in [1.82, 2.24) is 14.7 Å². The molecule has 1 aromatic rings. The van der Waals surface area contributed by atoms with Crippen LogP contribution < -0.4 is 5.73 Å². The average Bonchev–Trinajstić information content (AvgIpc) is 3.01. The number of anilines is 1. The van der Waals surface area contributed by atoms with Gasteiger partial charge in [0, 0.05) is 12.6 Å². The number of hydrogen-bond donors (Lipinski definition) is 2. The van der Waals surface area contributed by atoms with Gasteiger partial charge in [-0.2, -0.15) is 5.10 Å². The van der Waals surface area contributed by atoms with Crippen molar-refractivity contribution in [2.24, 2.45) is 5.92 Å². The molecule has 5 heteroatoms. The fraction of sp³-hybridized carbons (Fsp3) is 0.812. The zero-order chi connectivity index (χ0) is 15.0. The Morgan fingerprint density at radius 3 is 2.71 bits per heavy atom. The molecule has 1 saturated heterocycles. The largest absolute Gasteiger partial charge is 0.396 e. The maximum atomic E-state index is 10.5. The molecule has 0 aromatic carbocycles. The highest BCUT2D eigenvalue weighted by atomic mass is 16.3. The second-order valence-corrected chi connectivity index (χ2v) is 6.82. The molecule has 3 atom stereocenters. The summed E-state index contributed by atoms with van der Waals surface area (Å²) >= 11 is 0. The molecule has 1 aromatic heterocycles. The van der Waals surface area contributed by atoms with Crippen LogP contribution in [0.2, 0.25) is 0 Å². The Labute approximate surface area is 127 Å². The van der Waals surface area contributed by atoms with Crippen LogP contribution in [0.4, 0.5) is 5.69 Å². The molecule has 2 fully saturated rings. The predicted molar refractivity (Wildman–Crippen MR) is 84.1 cm³/mol. The van der Waals surface area contributed by atoms with Crippen LogP contribution in [0.1, 0.15) is 43.5 Å². The van der Waals surface area contributed by atoms with Gasteiger partial charge in [0.15, 0.2) is 0 Å². The SMILES string of the molecule is Cc1nn(CC(O)CN2CCCC3CCCC32)c(C)c1N. The lowest BCUT2D eigenvalue weighted by atomic mass is 9.92. The summed E-state index contributed by atoms with van der Waals surface area (Å²) in [7, 11) is 0. The van der Waals surface area contributed by atoms with E-state index in [9.17, 15) is 5.11 Å². The molecule has 3 N–H and O–H groups in total. The van der Waals surface area contributed by atoms with Gasteiger partial charge in [0.1, 0.15) is 0 Å². The third kappa shape index (κ3) is 2.94. The molecule has 1 aliphatic carbocycles. The Morgan fingerprint density at radius 2 is 2.00 bits per heavy atom. The summed E-state index contributed by atoms with van der Waals surface area (Å²) in [6.45, 7) is 6.32. The summed E-state index contributed by atoms with van der Waals surface area (Å²) in [5.41, 5.74) is 8.52. The molecule has 0 radical (unpaired) electrons. The minimum atomic E-state index is -0.373. The van der Waals surface area contributed by atoms with Crippen LogP contribution in [0.5, 0.6) is 0 Å². The summed E-state index contributed by atoms with van der Waals surface area (Å²) < 4.78 is 1.85. The summed E-state index contributed by atoms with van der Waals surface area (Å²) in [5.74, 6) is 0.871. The van der Waals surface area contributed by atoms with Gasteiger partial charge in [-0.25, -0.2) is 0 Å². The van der Waals surface area contributed by atoms with Gasteiger partial charge in [-0.3, -0.25) is 9.58 Å². The van der Waals surface area contributed by atoms with E-state index in [1.54, 1.807) is 0 Å². The maximum absolute atomic E-state index is 10.5. The fourth-order valence-corrected chi connectivity index (χ4v) is 4.20. The Bertz CT molecular complexity index is 499. The molecular weight excluding hydrogens is 264 g/mol. The zero-order valence-electron chi connectivity index (χ0n) is 13.3. The number of fused-ring (bicyclic) bond motifs is 1. The van der Waals surface area contributed by atoms with Crippen LogP contribution in [0, 0.1) is 19.8 Å². The van der Waals surface area contributed by atoms with E-state index >= 15 is 0 Å². The summed E-state index contributed by atoms with van der Waals surface area (Å²) in [6, 6.07) is 0.707. The van der Waals surface area contributed by atoms with E-state index in [1.165, 1.54) is 32.1 Å². The minimum absolute atomic E-state index is 0.373. The number of hydrogen-bond acceptors (Lipinski definition) is 4. The van der Waals surface area contributed by atoms with E-state index in [4.69, 9.17) is 5.73 Å². The van der Waals surface area contributed by atoms with Crippen molar-refractivity contribution in [1.29, 1.82) is 0 Å². The second-order valence-electron chi connectivity index (χ2n) is 6.82. The van der Waals surface area contributed by atoms with Gasteiger partial charge in [-0.05, 0) is 52.0 Å². The fourth-order valence-electron chi connectivity index (χ4n) is 4.20. The Morgan fingerprint density at radius 1 is 1.24 bits per heavy atom. The summed E-state index contributed by atoms with van der Waals surface area (Å²) in [6.07, 6.45) is 6.33. The molecule has 2 heterocycles. The predicted octanol–water partition coefficient (Wildman–Crippen LogP) is 1.71. The van der Waals surface area contributed by atoms with E-state index < -0.39 is 0 Å². The van der Waals surface area contributed by atoms with E-state index in [-0.39, 0.29) is 6.10 Å². The van der Waals surface area contributed by atoms with Crippen LogP contribution in [-0.4, -0.2) is 45.0 Å². The second kappa shape index (κ2) is 5.97. The number of β-amino-alcohol motifs (C(OH)–C–C–N with tert-alkyl or cyclic N) is 1. The lowest BCUT2D eigenvalue weighted by Crippen LogP contribution is -2.46. The number of aliphatic hydroxyl groups is 1. The molecule has 3 rings (SSSR count). The summed E-state index contributed by atoms with van der Waals surface area (Å²) in [5, 5.41) is 14.9. The summed E-state index contributed by atoms with van der Waals surface area (Å²) in [4.78, 5) is 2.51. The first-order valence-corrected chi connectivity index (χ1v) is 8.28. The molecule has 1 saturated carbocycles. The van der Waals surface area contributed by atoms with Crippen molar-refractivity contribution in [3.63, 3.8) is 0 Å². The molecule has 3 unspecified atom stereocenters. The number of nitrogens with two attached hydrogens (primary N) is 1. The van der Waals surface area contributed by atoms with Crippen molar-refractivity contribution >= 4 is 5.69 Å². The first-order chi connectivity index (χ1) is 10.1. The number of piperidine rings is 1. The lowest BCUT2D eigenvalue weighted by Gasteiger charge is -2.38. The maximum Gasteiger partial charge on any atom is 0.0862 e. The van der Waals surface area contributed by atoms with Crippen LogP contribution in [0.25, 0.3) is 0 Å². The van der Waals surface area contributed by atoms with Gasteiger partial charge in [0.25, 0.3) is 0 Å². The quantitative estimate of drug-likeness (QED) is 0.886. The van der Waals surface area contributed by atoms with Crippen molar-refractivity contribution in [3.05, 3.63) is 11.4 Å². The number of aromatic nitrogens is 2. The Hall–Kier alpha value is -1.07. The number of nitrogens with zero attached hydrogens (tertiary/aromatic N) is 3. The minimum Gasteiger partial charge on any atom is -0.396 e. The number of aryl methyl sites for hydroxylation is 1. The Kier molecular flexibility index (Phi) is 4.22. The number of nitrogen functional groups attached to an aromatic ring is 1. The van der Waals surface area contributed by atoms with Crippen molar-refractivity contribution in [2.75, 3.05) is 18.8 Å². The van der Waals surface area contributed by atoms with Gasteiger partial charge in [0.05, 0.1) is 29.7 Å². The van der Waals surface area contributed by atoms with Crippen LogP contribution in [-0.2, 0) is 6.54 Å². The van der Waals surface area contributed by atoms with Gasteiger partial charge < -0.3 is 10.8 Å². The van der Waals surface area contributed by atoms with Gasteiger partial charge in [0.2, 0.25) is 0 Å². The molecular formula is C16H28N4O. The number of likely N-dealkylation sites (tertiary alicyclic amines) is 1. The highest BCUT2D eigenvalue weighted by molar-refractivity contribution is 5.46. The third-order valence-corrected chi connectivity index (χ3v) is 5.37. The average molecular weight is 292 g/mol. The molecule has 1 aliphatic heterocycles. The van der Waals surface area contributed by atoms with E-state index in [2.05, 4.69) is 10.00 Å². The van der Waals surface area contributed by atoms with Gasteiger partial charge in [-0.1, -0.05) is 6.42 Å². The molecule has 0 spiro atoms. The monoisotopic (exact) mass is 292 g/mol. The molecule has 0 amide bonds. The number of rotatable bonds is 4. The first-order valence-electron chi connectivity index (χ1n) is 8.28. The topological polar surface area (TPSA) is 67.3 Å². The standard InChI is InChI=1S/C16H28N4O/c1-11-16(17)12(2)20(18-11)10-14(21)9-19-8-4-6-13-5-3-7-15(13)19/h13-15,21H,3-10,17H2,1-2H3. The normalized spacial score (nSPS) is 27.8. The molecule has 2 aliphatic rings. The van der Waals surface area contributed by atoms with Gasteiger partial charge >= 0.3 is 0 Å². The smallest absolute Gasteiger partial charge is 0.0862 e. The van der Waals surface area contributed by atoms with Crippen LogP contribution >= 0.6 is 0 Å². The Balaban J connectivity index is 1.60. The highest BCUT2D eigenvalue weighted by Gasteiger charge is 2.35. The molecule has 21 heavy (non-hydrogen) atoms. The van der Waals surface area contributed by atoms with Crippen LogP contribution in [0.3, 0.4) is 0 Å². The molecule has 0 bridgehead atoms. The van der Waals surface area contributed by atoms with Crippen molar-refractivity contribution in [3.8, 4) is 0 Å². The van der Waals surface area contributed by atoms with E-state index in [0.29, 0.717) is 12.6 Å². The van der Waals surface area contributed by atoms with E-state index in [1.807, 2.05) is 18.5 Å². The highest BCUT2D eigenvalue weighted by Crippen LogP contribution is 2.36. The number of aliphatic hydroxyl groups excluding tert-OH is 1. The van der Waals surface area contributed by atoms with Gasteiger partial charge in [-0.15, -0.1) is 0 Å². The van der Waals surface area contributed by atoms with Crippen molar-refractivity contribution < 1.29 is 5.11 Å². The third-order valence-electron chi connectivity index (χ3n) is 5.37. The first kappa shape index (κ1) is 14.9. The molecule has 5 nitrogen and oxygen atoms in total. The van der Waals surface area contributed by atoms with Crippen molar-refractivity contribution in [2.45, 2.75) is 64.6 Å². The van der Waals surface area contributed by atoms with Crippen LogP contribution in [0.15, 0.2) is 0 Å².